The van der Waals surface area contributed by atoms with Crippen LogP contribution >= 0.6 is 0 Å². The summed E-state index contributed by atoms with van der Waals surface area (Å²) in [6.07, 6.45) is 3.94. The van der Waals surface area contributed by atoms with E-state index in [2.05, 4.69) is 20.9 Å². The predicted molar refractivity (Wildman–Crippen MR) is 173 cm³/mol. The zero-order valence-electron chi connectivity index (χ0n) is 27.4. The molecule has 4 amide bonds. The number of amides is 4. The second-order valence-corrected chi connectivity index (χ2v) is 13.0. The lowest BCUT2D eigenvalue weighted by molar-refractivity contribution is -0.132. The molecule has 13 heteroatoms. The molecule has 12 nitrogen and oxygen atoms in total. The molecule has 1 saturated heterocycles. The molecule has 4 rings (SSSR count). The predicted octanol–water partition coefficient (Wildman–Crippen LogP) is 4.18. The van der Waals surface area contributed by atoms with Crippen LogP contribution in [0.2, 0.25) is 0 Å². The van der Waals surface area contributed by atoms with Gasteiger partial charge in [0.2, 0.25) is 11.8 Å². The number of hydrogen-bond acceptors (Lipinski definition) is 7. The van der Waals surface area contributed by atoms with Crippen molar-refractivity contribution in [3.05, 3.63) is 84.1 Å². The highest BCUT2D eigenvalue weighted by atomic mass is 19.1. The number of nitrogens with one attached hydrogen (secondary N) is 3. The summed E-state index contributed by atoms with van der Waals surface area (Å²) in [5.41, 5.74) is -0.779. The molecular formula is C34H43FN6O6. The Bertz CT molecular complexity index is 1530. The van der Waals surface area contributed by atoms with Crippen molar-refractivity contribution in [1.82, 2.24) is 25.1 Å². The van der Waals surface area contributed by atoms with E-state index in [-0.39, 0.29) is 24.9 Å². The van der Waals surface area contributed by atoms with Crippen molar-refractivity contribution in [1.29, 1.82) is 0 Å². The lowest BCUT2D eigenvalue weighted by Gasteiger charge is -2.29. The van der Waals surface area contributed by atoms with Crippen molar-refractivity contribution < 1.29 is 33.0 Å². The Labute approximate surface area is 274 Å². The molecule has 0 spiro atoms. The summed E-state index contributed by atoms with van der Waals surface area (Å²) < 4.78 is 26.4. The van der Waals surface area contributed by atoms with Crippen molar-refractivity contribution in [3.8, 4) is 0 Å². The number of rotatable bonds is 12. The van der Waals surface area contributed by atoms with Crippen molar-refractivity contribution in [3.63, 3.8) is 0 Å². The summed E-state index contributed by atoms with van der Waals surface area (Å²) >= 11 is 0. The molecule has 2 atom stereocenters. The van der Waals surface area contributed by atoms with Crippen LogP contribution in [0.25, 0.3) is 0 Å². The fraction of sp³-hybridized carbons (Fsp3) is 0.441. The van der Waals surface area contributed by atoms with Gasteiger partial charge >= 0.3 is 6.09 Å². The molecule has 3 N–H and O–H groups in total. The quantitative estimate of drug-likeness (QED) is 0.267. The van der Waals surface area contributed by atoms with Crippen LogP contribution in [0.15, 0.2) is 67.1 Å². The average Bonchev–Trinajstić information content (AvgIpc) is 3.70. The van der Waals surface area contributed by atoms with E-state index in [4.69, 9.17) is 9.47 Å². The number of aromatic nitrogens is 2. The van der Waals surface area contributed by atoms with E-state index in [1.807, 2.05) is 30.3 Å². The molecule has 1 aliphatic heterocycles. The minimum absolute atomic E-state index is 0.129. The van der Waals surface area contributed by atoms with E-state index < -0.39 is 46.9 Å². The van der Waals surface area contributed by atoms with Gasteiger partial charge in [-0.15, -0.1) is 0 Å². The SMILES string of the molecule is CC(C)(C)OC(=O)NC(C)(C)C(=O)N[C@H](COCc1ccccc1)C(=O)Nc1cn(C(C(=O)N2CCCC2)c2ccc(F)cc2)cn1. The molecular weight excluding hydrogens is 607 g/mol. The fourth-order valence-electron chi connectivity index (χ4n) is 4.96. The van der Waals surface area contributed by atoms with E-state index in [1.54, 1.807) is 42.4 Å². The molecule has 47 heavy (non-hydrogen) atoms. The lowest BCUT2D eigenvalue weighted by atomic mass is 10.0. The number of alkyl carbamates (subject to hydrolysis) is 1. The fourth-order valence-corrected chi connectivity index (χ4v) is 4.96. The Morgan fingerprint density at radius 3 is 2.26 bits per heavy atom. The second-order valence-electron chi connectivity index (χ2n) is 13.0. The molecule has 1 aliphatic rings. The average molecular weight is 651 g/mol. The number of imidazole rings is 1. The van der Waals surface area contributed by atoms with Crippen LogP contribution in [-0.4, -0.2) is 75.1 Å². The minimum Gasteiger partial charge on any atom is -0.444 e. The highest BCUT2D eigenvalue weighted by molar-refractivity contribution is 5.98. The van der Waals surface area contributed by atoms with Crippen LogP contribution in [0, 0.1) is 5.82 Å². The van der Waals surface area contributed by atoms with Crippen molar-refractivity contribution in [2.24, 2.45) is 0 Å². The van der Waals surface area contributed by atoms with E-state index >= 15 is 0 Å². The van der Waals surface area contributed by atoms with Crippen molar-refractivity contribution in [2.75, 3.05) is 25.0 Å². The number of nitrogens with zero attached hydrogens (tertiary/aromatic N) is 3. The number of hydrogen-bond donors (Lipinski definition) is 3. The molecule has 2 aromatic carbocycles. The minimum atomic E-state index is -1.44. The van der Waals surface area contributed by atoms with E-state index in [0.717, 1.165) is 18.4 Å². The van der Waals surface area contributed by atoms with Gasteiger partial charge in [0, 0.05) is 19.3 Å². The number of likely N-dealkylation sites (tertiary alicyclic amines) is 1. The number of ether oxygens (including phenoxy) is 2. The number of halogens is 1. The number of benzene rings is 2. The first-order valence-electron chi connectivity index (χ1n) is 15.5. The van der Waals surface area contributed by atoms with Gasteiger partial charge in [0.05, 0.1) is 19.5 Å². The van der Waals surface area contributed by atoms with Crippen LogP contribution < -0.4 is 16.0 Å². The van der Waals surface area contributed by atoms with Gasteiger partial charge in [-0.2, -0.15) is 0 Å². The van der Waals surface area contributed by atoms with Crippen LogP contribution in [0.3, 0.4) is 0 Å². The summed E-state index contributed by atoms with van der Waals surface area (Å²) in [6.45, 7) is 9.33. The van der Waals surface area contributed by atoms with Gasteiger partial charge in [0.1, 0.15) is 29.0 Å². The van der Waals surface area contributed by atoms with Gasteiger partial charge in [0.15, 0.2) is 5.82 Å². The van der Waals surface area contributed by atoms with Crippen molar-refractivity contribution in [2.45, 2.75) is 77.3 Å². The summed E-state index contributed by atoms with van der Waals surface area (Å²) in [6, 6.07) is 13.0. The summed E-state index contributed by atoms with van der Waals surface area (Å²) in [5, 5.41) is 7.91. The summed E-state index contributed by atoms with van der Waals surface area (Å²) in [5.74, 6) is -1.74. The van der Waals surface area contributed by atoms with Gasteiger partial charge in [-0.25, -0.2) is 14.2 Å². The number of anilines is 1. The summed E-state index contributed by atoms with van der Waals surface area (Å²) in [7, 11) is 0. The molecule has 1 unspecified atom stereocenters. The van der Waals surface area contributed by atoms with Gasteiger partial charge in [0.25, 0.3) is 5.91 Å². The third-order valence-electron chi connectivity index (χ3n) is 7.39. The maximum absolute atomic E-state index is 13.7. The standard InChI is InChI=1S/C34H43FN6O6/c1-33(2,3)47-32(45)39-34(4,5)31(44)37-26(21-46-20-23-11-7-6-8-12-23)29(42)38-27-19-41(22-36-27)28(24-13-15-25(35)16-14-24)30(43)40-17-9-10-18-40/h6-8,11-16,19,22,26,28H,9-10,17-18,20-21H2,1-5H3,(H,37,44)(H,38,42)(H,39,45)/t26-,28?/m1/s1. The second kappa shape index (κ2) is 15.2. The monoisotopic (exact) mass is 650 g/mol. The van der Waals surface area contributed by atoms with E-state index in [1.165, 1.54) is 38.5 Å². The van der Waals surface area contributed by atoms with Gasteiger partial charge < -0.3 is 34.9 Å². The van der Waals surface area contributed by atoms with Crippen LogP contribution in [0.4, 0.5) is 15.0 Å². The van der Waals surface area contributed by atoms with Crippen LogP contribution in [0.5, 0.6) is 0 Å². The molecule has 0 radical (unpaired) electrons. The Hall–Kier alpha value is -4.78. The van der Waals surface area contributed by atoms with Crippen molar-refractivity contribution >= 4 is 29.6 Å². The Morgan fingerprint density at radius 1 is 0.957 bits per heavy atom. The smallest absolute Gasteiger partial charge is 0.408 e. The highest BCUT2D eigenvalue weighted by Gasteiger charge is 2.35. The zero-order chi connectivity index (χ0) is 34.2. The third-order valence-corrected chi connectivity index (χ3v) is 7.39. The largest absolute Gasteiger partial charge is 0.444 e. The first kappa shape index (κ1) is 35.1. The lowest BCUT2D eigenvalue weighted by Crippen LogP contribution is -2.59. The van der Waals surface area contributed by atoms with Gasteiger partial charge in [-0.05, 0) is 70.7 Å². The Kier molecular flexibility index (Phi) is 11.3. The first-order valence-corrected chi connectivity index (χ1v) is 15.5. The highest BCUT2D eigenvalue weighted by Crippen LogP contribution is 2.25. The summed E-state index contributed by atoms with van der Waals surface area (Å²) in [4.78, 5) is 58.9. The maximum Gasteiger partial charge on any atom is 0.408 e. The molecule has 1 fully saturated rings. The Balaban J connectivity index is 1.51. The first-order chi connectivity index (χ1) is 22.2. The number of carbonyl (C=O) groups excluding carboxylic acids is 4. The third kappa shape index (κ3) is 10.1. The molecule has 0 saturated carbocycles. The molecule has 0 bridgehead atoms. The number of carbonyl (C=O) groups is 4. The molecule has 252 valence electrons. The zero-order valence-corrected chi connectivity index (χ0v) is 27.4. The van der Waals surface area contributed by atoms with Crippen LogP contribution in [-0.2, 0) is 30.5 Å². The Morgan fingerprint density at radius 2 is 1.62 bits per heavy atom. The van der Waals surface area contributed by atoms with Gasteiger partial charge in [-0.1, -0.05) is 42.5 Å². The molecule has 1 aromatic heterocycles. The van der Waals surface area contributed by atoms with E-state index in [9.17, 15) is 23.6 Å². The normalized spacial score (nSPS) is 14.6. The van der Waals surface area contributed by atoms with Crippen LogP contribution in [0.1, 0.15) is 64.6 Å². The molecule has 0 aliphatic carbocycles. The maximum atomic E-state index is 13.7. The van der Waals surface area contributed by atoms with E-state index in [0.29, 0.717) is 18.7 Å². The topological polar surface area (TPSA) is 144 Å². The van der Waals surface area contributed by atoms with Gasteiger partial charge in [-0.3, -0.25) is 14.4 Å². The molecule has 3 aromatic rings. The molecule has 2 heterocycles.